The van der Waals surface area contributed by atoms with E-state index in [4.69, 9.17) is 0 Å². The number of hydrogen-bond donors (Lipinski definition) is 2. The number of nitrogens with one attached hydrogen (secondary N) is 2. The van der Waals surface area contributed by atoms with Crippen molar-refractivity contribution in [2.24, 2.45) is 10.5 Å². The highest BCUT2D eigenvalue weighted by Gasteiger charge is 2.37. The quantitative estimate of drug-likeness (QED) is 0.791. The summed E-state index contributed by atoms with van der Waals surface area (Å²) in [6.45, 7) is 6.10. The molecule has 0 spiro atoms. The van der Waals surface area contributed by atoms with Crippen LogP contribution >= 0.6 is 0 Å². The lowest BCUT2D eigenvalue weighted by Gasteiger charge is -2.26. The third-order valence-corrected chi connectivity index (χ3v) is 4.00. The van der Waals surface area contributed by atoms with Gasteiger partial charge in [0.25, 0.3) is 5.91 Å². The molecule has 1 fully saturated rings. The molecule has 7 nitrogen and oxygen atoms in total. The van der Waals surface area contributed by atoms with Gasteiger partial charge < -0.3 is 10.2 Å². The SMILES string of the molecule is CC(C)(C)CC(=O)NC[C@@H]1C[C@H](F)CN1C(=O)C1=NNC(=O)CC1. The van der Waals surface area contributed by atoms with Crippen molar-refractivity contribution >= 4 is 23.4 Å². The second-order valence-electron chi connectivity index (χ2n) is 7.58. The lowest BCUT2D eigenvalue weighted by atomic mass is 9.92. The van der Waals surface area contributed by atoms with Crippen LogP contribution in [-0.4, -0.2) is 53.6 Å². The Morgan fingerprint density at radius 2 is 2.08 bits per heavy atom. The molecule has 2 rings (SSSR count). The Morgan fingerprint density at radius 1 is 1.38 bits per heavy atom. The van der Waals surface area contributed by atoms with Crippen molar-refractivity contribution in [1.82, 2.24) is 15.6 Å². The van der Waals surface area contributed by atoms with Crippen molar-refractivity contribution < 1.29 is 18.8 Å². The summed E-state index contributed by atoms with van der Waals surface area (Å²) in [5.74, 6) is -0.716. The number of carbonyl (C=O) groups excluding carboxylic acids is 3. The van der Waals surface area contributed by atoms with E-state index in [2.05, 4.69) is 15.8 Å². The van der Waals surface area contributed by atoms with E-state index in [9.17, 15) is 18.8 Å². The Labute approximate surface area is 141 Å². The number of rotatable bonds is 4. The van der Waals surface area contributed by atoms with Crippen LogP contribution < -0.4 is 10.7 Å². The van der Waals surface area contributed by atoms with Gasteiger partial charge in [-0.05, 0) is 5.41 Å². The van der Waals surface area contributed by atoms with Gasteiger partial charge in [-0.1, -0.05) is 20.8 Å². The van der Waals surface area contributed by atoms with Gasteiger partial charge in [0.05, 0.1) is 12.6 Å². The first-order chi connectivity index (χ1) is 11.2. The fraction of sp³-hybridized carbons (Fsp3) is 0.750. The van der Waals surface area contributed by atoms with Crippen LogP contribution in [0.5, 0.6) is 0 Å². The molecular formula is C16H25FN4O3. The molecule has 2 heterocycles. The van der Waals surface area contributed by atoms with Crippen molar-refractivity contribution in [2.45, 2.75) is 58.7 Å². The van der Waals surface area contributed by atoms with Gasteiger partial charge in [0.2, 0.25) is 11.8 Å². The van der Waals surface area contributed by atoms with Gasteiger partial charge in [-0.2, -0.15) is 5.10 Å². The van der Waals surface area contributed by atoms with Crippen LogP contribution in [0.25, 0.3) is 0 Å². The molecule has 0 aromatic heterocycles. The van der Waals surface area contributed by atoms with Gasteiger partial charge in [0, 0.05) is 32.2 Å². The van der Waals surface area contributed by atoms with E-state index in [0.29, 0.717) is 6.42 Å². The molecular weight excluding hydrogens is 315 g/mol. The lowest BCUT2D eigenvalue weighted by molar-refractivity contribution is -0.127. The van der Waals surface area contributed by atoms with Crippen LogP contribution in [-0.2, 0) is 14.4 Å². The van der Waals surface area contributed by atoms with Crippen LogP contribution in [0, 0.1) is 5.41 Å². The van der Waals surface area contributed by atoms with E-state index in [0.717, 1.165) is 0 Å². The normalized spacial score (nSPS) is 24.4. The van der Waals surface area contributed by atoms with Gasteiger partial charge >= 0.3 is 0 Å². The van der Waals surface area contributed by atoms with E-state index in [1.165, 1.54) is 4.90 Å². The molecule has 2 aliphatic rings. The van der Waals surface area contributed by atoms with Crippen LogP contribution in [0.2, 0.25) is 0 Å². The predicted molar refractivity (Wildman–Crippen MR) is 86.9 cm³/mol. The Balaban J connectivity index is 1.95. The van der Waals surface area contributed by atoms with Gasteiger partial charge in [0.1, 0.15) is 11.9 Å². The van der Waals surface area contributed by atoms with Crippen molar-refractivity contribution in [1.29, 1.82) is 0 Å². The fourth-order valence-electron chi connectivity index (χ4n) is 2.87. The predicted octanol–water partition coefficient (Wildman–Crippen LogP) is 0.744. The molecule has 0 aliphatic carbocycles. The molecule has 2 aliphatic heterocycles. The number of hydrogen-bond acceptors (Lipinski definition) is 4. The minimum atomic E-state index is -1.11. The van der Waals surface area contributed by atoms with Crippen LogP contribution in [0.4, 0.5) is 4.39 Å². The maximum absolute atomic E-state index is 13.8. The highest BCUT2D eigenvalue weighted by atomic mass is 19.1. The number of hydrazone groups is 1. The van der Waals surface area contributed by atoms with E-state index < -0.39 is 12.2 Å². The summed E-state index contributed by atoms with van der Waals surface area (Å²) in [6, 6.07) is -0.392. The number of halogens is 1. The second-order valence-corrected chi connectivity index (χ2v) is 7.58. The summed E-state index contributed by atoms with van der Waals surface area (Å²) >= 11 is 0. The van der Waals surface area contributed by atoms with Crippen molar-refractivity contribution in [3.05, 3.63) is 0 Å². The third-order valence-electron chi connectivity index (χ3n) is 4.00. The Bertz CT molecular complexity index is 556. The molecule has 2 N–H and O–H groups in total. The summed E-state index contributed by atoms with van der Waals surface area (Å²) in [5.41, 5.74) is 2.38. The third kappa shape index (κ3) is 5.01. The molecule has 0 aromatic carbocycles. The van der Waals surface area contributed by atoms with Crippen LogP contribution in [0.3, 0.4) is 0 Å². The summed E-state index contributed by atoms with van der Waals surface area (Å²) in [5, 5.41) is 6.56. The molecule has 0 unspecified atom stereocenters. The molecule has 0 saturated carbocycles. The molecule has 2 atom stereocenters. The first kappa shape index (κ1) is 18.4. The monoisotopic (exact) mass is 340 g/mol. The Kier molecular flexibility index (Phi) is 5.56. The van der Waals surface area contributed by atoms with Gasteiger partial charge in [-0.3, -0.25) is 14.4 Å². The molecule has 1 saturated heterocycles. The van der Waals surface area contributed by atoms with E-state index in [1.807, 2.05) is 20.8 Å². The number of carbonyl (C=O) groups is 3. The topological polar surface area (TPSA) is 90.9 Å². The number of amides is 3. The highest BCUT2D eigenvalue weighted by Crippen LogP contribution is 2.22. The Morgan fingerprint density at radius 3 is 2.67 bits per heavy atom. The van der Waals surface area contributed by atoms with Crippen molar-refractivity contribution in [3.63, 3.8) is 0 Å². The second kappa shape index (κ2) is 7.27. The summed E-state index contributed by atoms with van der Waals surface area (Å²) in [4.78, 5) is 37.0. The maximum atomic E-state index is 13.8. The number of likely N-dealkylation sites (tertiary alicyclic amines) is 1. The zero-order chi connectivity index (χ0) is 17.9. The maximum Gasteiger partial charge on any atom is 0.270 e. The lowest BCUT2D eigenvalue weighted by Crippen LogP contribution is -2.47. The smallest absolute Gasteiger partial charge is 0.270 e. The van der Waals surface area contributed by atoms with E-state index in [-0.39, 0.29) is 61.2 Å². The summed E-state index contributed by atoms with van der Waals surface area (Å²) < 4.78 is 13.8. The van der Waals surface area contributed by atoms with Gasteiger partial charge in [-0.15, -0.1) is 0 Å². The zero-order valence-electron chi connectivity index (χ0n) is 14.4. The van der Waals surface area contributed by atoms with Gasteiger partial charge in [0.15, 0.2) is 0 Å². The largest absolute Gasteiger partial charge is 0.354 e. The fourth-order valence-corrected chi connectivity index (χ4v) is 2.87. The molecule has 0 aromatic rings. The minimum absolute atomic E-state index is 0.00833. The van der Waals surface area contributed by atoms with Crippen LogP contribution in [0.15, 0.2) is 5.10 Å². The first-order valence-electron chi connectivity index (χ1n) is 8.23. The first-order valence-corrected chi connectivity index (χ1v) is 8.23. The molecule has 24 heavy (non-hydrogen) atoms. The van der Waals surface area contributed by atoms with Crippen molar-refractivity contribution in [2.75, 3.05) is 13.1 Å². The molecule has 3 amide bonds. The minimum Gasteiger partial charge on any atom is -0.354 e. The highest BCUT2D eigenvalue weighted by molar-refractivity contribution is 6.39. The molecule has 0 bridgehead atoms. The zero-order valence-corrected chi connectivity index (χ0v) is 14.4. The van der Waals surface area contributed by atoms with Crippen molar-refractivity contribution in [3.8, 4) is 0 Å². The van der Waals surface area contributed by atoms with Gasteiger partial charge in [-0.25, -0.2) is 9.82 Å². The summed E-state index contributed by atoms with van der Waals surface area (Å²) in [6.07, 6.45) is -0.101. The van der Waals surface area contributed by atoms with Crippen LogP contribution in [0.1, 0.15) is 46.5 Å². The average molecular weight is 340 g/mol. The number of alkyl halides is 1. The Hall–Kier alpha value is -1.99. The van der Waals surface area contributed by atoms with E-state index >= 15 is 0 Å². The van der Waals surface area contributed by atoms with E-state index in [1.54, 1.807) is 0 Å². The number of nitrogens with zero attached hydrogens (tertiary/aromatic N) is 2. The standard InChI is InChI=1S/C16H25FN4O3/c1-16(2,3)7-14(23)18-8-11-6-10(17)9-21(11)15(24)12-4-5-13(22)20-19-12/h10-11H,4-9H2,1-3H3,(H,18,23)(H,20,22)/t10-,11-/m0/s1. The molecule has 134 valence electrons. The summed E-state index contributed by atoms with van der Waals surface area (Å²) in [7, 11) is 0. The molecule has 0 radical (unpaired) electrons. The average Bonchev–Trinajstić information content (AvgIpc) is 2.84. The molecule has 8 heteroatoms.